The number of hydrogen-bond donors (Lipinski definition) is 4. The molecule has 4 heterocycles. The number of primary amides is 1. The van der Waals surface area contributed by atoms with E-state index >= 15 is 0 Å². The second-order valence-corrected chi connectivity index (χ2v) is 9.75. The highest BCUT2D eigenvalue weighted by Crippen LogP contribution is 2.33. The van der Waals surface area contributed by atoms with Crippen molar-refractivity contribution in [2.45, 2.75) is 25.3 Å². The van der Waals surface area contributed by atoms with E-state index in [9.17, 15) is 19.2 Å². The first-order valence-electron chi connectivity index (χ1n) is 12.9. The number of aliphatic imine (C=N–C) groups is 1. The van der Waals surface area contributed by atoms with Crippen molar-refractivity contribution < 1.29 is 19.2 Å². The first-order valence-corrected chi connectivity index (χ1v) is 12.9. The van der Waals surface area contributed by atoms with Crippen molar-refractivity contribution in [1.82, 2.24) is 35.1 Å². The number of nitrogens with one attached hydrogen (secondary N) is 2. The number of carbonyl (C=O) groups excluding carboxylic acids is 4. The van der Waals surface area contributed by atoms with E-state index in [1.54, 1.807) is 9.80 Å². The van der Waals surface area contributed by atoms with Crippen molar-refractivity contribution in [1.29, 1.82) is 0 Å². The Morgan fingerprint density at radius 2 is 1.65 bits per heavy atom. The molecule has 4 rings (SSSR count). The average Bonchev–Trinajstić information content (AvgIpc) is 2.91. The lowest BCUT2D eigenvalue weighted by Gasteiger charge is -2.49. The molecule has 0 aromatic carbocycles. The van der Waals surface area contributed by atoms with Crippen molar-refractivity contribution >= 4 is 29.8 Å². The molecule has 4 aliphatic heterocycles. The van der Waals surface area contributed by atoms with E-state index in [1.807, 2.05) is 0 Å². The standard InChI is InChI=1S/C23H38N10O4/c1-16(24)26-5-2-4-17-18(20(35)29-8-10-30(11-9-29)21(25)36)33(19(17)34)23(37)32-14-12-31(13-15-32)22-27-6-3-7-28-22/h17-18,26H,1-15,24H2,(H2,25,36)(H,27,28). The monoisotopic (exact) mass is 518 g/mol. The number of carbonyl (C=O) groups is 4. The maximum absolute atomic E-state index is 13.6. The topological polar surface area (TPSA) is 173 Å². The van der Waals surface area contributed by atoms with Gasteiger partial charge in [0.05, 0.1) is 11.7 Å². The Hall–Kier alpha value is -3.71. The number of guanidine groups is 1. The van der Waals surface area contributed by atoms with Gasteiger partial charge in [0.2, 0.25) is 11.8 Å². The molecule has 2 unspecified atom stereocenters. The lowest BCUT2D eigenvalue weighted by Crippen LogP contribution is -2.72. The van der Waals surface area contributed by atoms with E-state index in [1.165, 1.54) is 4.90 Å². The van der Waals surface area contributed by atoms with Gasteiger partial charge in [0.25, 0.3) is 0 Å². The number of rotatable bonds is 6. The van der Waals surface area contributed by atoms with Gasteiger partial charge in [-0.05, 0) is 19.3 Å². The largest absolute Gasteiger partial charge is 0.386 e. The van der Waals surface area contributed by atoms with Gasteiger partial charge >= 0.3 is 12.1 Å². The van der Waals surface area contributed by atoms with Gasteiger partial charge in [0.1, 0.15) is 6.04 Å². The summed E-state index contributed by atoms with van der Waals surface area (Å²) < 4.78 is 0. The number of hydrogen-bond acceptors (Lipinski definition) is 9. The number of amides is 6. The van der Waals surface area contributed by atoms with Crippen LogP contribution in [-0.4, -0.2) is 132 Å². The summed E-state index contributed by atoms with van der Waals surface area (Å²) >= 11 is 0. The van der Waals surface area contributed by atoms with Crippen LogP contribution in [0.3, 0.4) is 0 Å². The van der Waals surface area contributed by atoms with E-state index in [4.69, 9.17) is 11.5 Å². The highest BCUT2D eigenvalue weighted by Gasteiger charge is 2.56. The summed E-state index contributed by atoms with van der Waals surface area (Å²) in [4.78, 5) is 64.2. The Morgan fingerprint density at radius 1 is 1.00 bits per heavy atom. The highest BCUT2D eigenvalue weighted by molar-refractivity contribution is 6.09. The summed E-state index contributed by atoms with van der Waals surface area (Å²) in [5, 5.41) is 6.22. The van der Waals surface area contributed by atoms with Crippen LogP contribution in [0.2, 0.25) is 0 Å². The van der Waals surface area contributed by atoms with E-state index < -0.39 is 24.0 Å². The van der Waals surface area contributed by atoms with Crippen molar-refractivity contribution in [2.75, 3.05) is 72.0 Å². The first kappa shape index (κ1) is 26.4. The lowest BCUT2D eigenvalue weighted by atomic mass is 9.82. The zero-order valence-corrected chi connectivity index (χ0v) is 21.2. The number of nitrogens with two attached hydrogens (primary N) is 2. The Labute approximate surface area is 216 Å². The number of β-lactam (4-membered cyclic amide) rings is 1. The molecule has 0 bridgehead atoms. The predicted octanol–water partition coefficient (Wildman–Crippen LogP) is -2.08. The second-order valence-electron chi connectivity index (χ2n) is 9.75. The van der Waals surface area contributed by atoms with Crippen LogP contribution in [0.1, 0.15) is 19.3 Å². The van der Waals surface area contributed by atoms with Crippen LogP contribution in [0.25, 0.3) is 0 Å². The minimum absolute atomic E-state index is 0.266. The molecular weight excluding hydrogens is 480 g/mol. The third kappa shape index (κ3) is 5.83. The minimum atomic E-state index is -0.858. The van der Waals surface area contributed by atoms with Crippen molar-refractivity contribution in [3.8, 4) is 0 Å². The van der Waals surface area contributed by atoms with E-state index in [2.05, 4.69) is 27.1 Å². The van der Waals surface area contributed by atoms with Crippen molar-refractivity contribution in [2.24, 2.45) is 22.4 Å². The fourth-order valence-electron chi connectivity index (χ4n) is 5.22. The van der Waals surface area contributed by atoms with Crippen LogP contribution in [0.5, 0.6) is 0 Å². The van der Waals surface area contributed by atoms with Gasteiger partial charge in [-0.15, -0.1) is 0 Å². The minimum Gasteiger partial charge on any atom is -0.386 e. The van der Waals surface area contributed by atoms with Gasteiger partial charge in [-0.1, -0.05) is 6.58 Å². The van der Waals surface area contributed by atoms with Crippen LogP contribution in [0, 0.1) is 5.92 Å². The predicted molar refractivity (Wildman–Crippen MR) is 136 cm³/mol. The van der Waals surface area contributed by atoms with Gasteiger partial charge in [-0.25, -0.2) is 9.59 Å². The van der Waals surface area contributed by atoms with Crippen molar-refractivity contribution in [3.05, 3.63) is 12.4 Å². The molecule has 2 atom stereocenters. The van der Waals surface area contributed by atoms with Crippen LogP contribution in [-0.2, 0) is 9.59 Å². The van der Waals surface area contributed by atoms with Crippen LogP contribution in [0.15, 0.2) is 17.4 Å². The number of likely N-dealkylation sites (tertiary alicyclic amines) is 1. The molecule has 204 valence electrons. The zero-order valence-electron chi connectivity index (χ0n) is 21.2. The van der Waals surface area contributed by atoms with Crippen LogP contribution in [0.4, 0.5) is 9.59 Å². The lowest BCUT2D eigenvalue weighted by molar-refractivity contribution is -0.164. The van der Waals surface area contributed by atoms with Crippen molar-refractivity contribution in [3.63, 3.8) is 0 Å². The fourth-order valence-corrected chi connectivity index (χ4v) is 5.22. The van der Waals surface area contributed by atoms with Gasteiger partial charge in [0.15, 0.2) is 5.96 Å². The zero-order chi connectivity index (χ0) is 26.5. The molecule has 37 heavy (non-hydrogen) atoms. The van der Waals surface area contributed by atoms with Gasteiger partial charge in [0, 0.05) is 72.0 Å². The Bertz CT molecular complexity index is 940. The van der Waals surface area contributed by atoms with E-state index in [-0.39, 0.29) is 11.8 Å². The van der Waals surface area contributed by atoms with E-state index in [0.29, 0.717) is 77.6 Å². The molecule has 0 aromatic rings. The third-order valence-corrected chi connectivity index (χ3v) is 7.35. The molecule has 6 amide bonds. The summed E-state index contributed by atoms with van der Waals surface area (Å²) in [6.07, 6.45) is 2.05. The summed E-state index contributed by atoms with van der Waals surface area (Å²) in [5.74, 6) is 0.0187. The summed E-state index contributed by atoms with van der Waals surface area (Å²) in [6.45, 7) is 9.13. The van der Waals surface area contributed by atoms with Gasteiger partial charge in [-0.3, -0.25) is 19.5 Å². The average molecular weight is 519 g/mol. The number of nitrogens with zero attached hydrogens (tertiary/aromatic N) is 6. The molecule has 0 aliphatic carbocycles. The maximum atomic E-state index is 13.6. The molecule has 3 fully saturated rings. The Morgan fingerprint density at radius 3 is 2.24 bits per heavy atom. The first-order chi connectivity index (χ1) is 17.8. The fraction of sp³-hybridized carbons (Fsp3) is 0.696. The number of urea groups is 2. The second kappa shape index (κ2) is 11.6. The third-order valence-electron chi connectivity index (χ3n) is 7.35. The summed E-state index contributed by atoms with van der Waals surface area (Å²) in [6, 6.07) is -1.81. The molecular formula is C23H38N10O4. The van der Waals surface area contributed by atoms with Crippen LogP contribution < -0.4 is 22.1 Å². The normalized spacial score (nSPS) is 24.2. The Kier molecular flexibility index (Phi) is 8.24. The quantitative estimate of drug-likeness (QED) is 0.229. The highest BCUT2D eigenvalue weighted by atomic mass is 16.2. The molecule has 0 aromatic heterocycles. The Balaban J connectivity index is 1.40. The molecule has 3 saturated heterocycles. The summed E-state index contributed by atoms with van der Waals surface area (Å²) in [7, 11) is 0. The molecule has 14 heteroatoms. The van der Waals surface area contributed by atoms with Gasteiger partial charge < -0.3 is 41.7 Å². The molecule has 0 spiro atoms. The number of imide groups is 1. The van der Waals surface area contributed by atoms with Gasteiger partial charge in [-0.2, -0.15) is 0 Å². The molecule has 0 radical (unpaired) electrons. The molecule has 14 nitrogen and oxygen atoms in total. The van der Waals surface area contributed by atoms with E-state index in [0.717, 1.165) is 30.4 Å². The summed E-state index contributed by atoms with van der Waals surface area (Å²) in [5.41, 5.74) is 10.9. The van der Waals surface area contributed by atoms with Crippen LogP contribution >= 0.6 is 0 Å². The molecule has 4 aliphatic rings. The molecule has 0 saturated carbocycles. The molecule has 6 N–H and O–H groups in total. The SMILES string of the molecule is C=C(N)NCCCC1C(=O)N(C(=O)N2CCN(C3=NCCCN3)CC2)C1C(=O)N1CCN(C(N)=O)CC1. The smallest absolute Gasteiger partial charge is 0.327 e. The maximum Gasteiger partial charge on any atom is 0.327 e. The number of piperazine rings is 2.